The van der Waals surface area contributed by atoms with Gasteiger partial charge in [-0.3, -0.25) is 4.90 Å². The van der Waals surface area contributed by atoms with Crippen molar-refractivity contribution in [3.05, 3.63) is 86.5 Å². The number of H-pyrrole nitrogens is 1. The fourth-order valence-corrected chi connectivity index (χ4v) is 5.03. The molecule has 0 aliphatic carbocycles. The number of anilines is 2. The molecular weight excluding hydrogens is 569 g/mol. The second-order valence-corrected chi connectivity index (χ2v) is 10.4. The standard InChI is InChI=1S/C29H29F3N6O5/c1-6-43-28(41)38(3,4)13-12-19-14-18(16-33)10-11-22(19)24-23(25(39)42-5)17(2)36(26-34-35-27(40)37(24)26)21-9-7-8-20(15-21)29(30,31)32/h7-11,14-15,24H,6,12-13H2,1-5H3/p+1/t24-/m1/s1. The van der Waals surface area contributed by atoms with Gasteiger partial charge in [0.15, 0.2) is 0 Å². The quantitative estimate of drug-likeness (QED) is 0.312. The Balaban J connectivity index is 1.94. The van der Waals surface area contributed by atoms with Crippen LogP contribution < -0.4 is 10.6 Å². The minimum Gasteiger partial charge on any atom is -0.466 e. The molecule has 2 aromatic carbocycles. The van der Waals surface area contributed by atoms with Gasteiger partial charge in [-0.15, -0.1) is 5.10 Å². The number of esters is 1. The van der Waals surface area contributed by atoms with E-state index in [0.29, 0.717) is 16.7 Å². The average molecular weight is 600 g/mol. The number of nitriles is 1. The summed E-state index contributed by atoms with van der Waals surface area (Å²) in [5.41, 5.74) is -0.190. The largest absolute Gasteiger partial charge is 0.515 e. The molecule has 1 N–H and O–H groups in total. The van der Waals surface area contributed by atoms with Gasteiger partial charge in [-0.2, -0.15) is 23.2 Å². The smallest absolute Gasteiger partial charge is 0.466 e. The third kappa shape index (κ3) is 5.89. The summed E-state index contributed by atoms with van der Waals surface area (Å²) in [6.07, 6.45) is -4.87. The van der Waals surface area contributed by atoms with Crippen molar-refractivity contribution < 1.29 is 36.7 Å². The van der Waals surface area contributed by atoms with Crippen molar-refractivity contribution in [2.45, 2.75) is 32.5 Å². The minimum atomic E-state index is -4.64. The van der Waals surface area contributed by atoms with Gasteiger partial charge in [0, 0.05) is 17.8 Å². The van der Waals surface area contributed by atoms with E-state index < -0.39 is 35.5 Å². The zero-order chi connectivity index (χ0) is 31.7. The van der Waals surface area contributed by atoms with Crippen molar-refractivity contribution in [2.75, 3.05) is 39.3 Å². The number of rotatable bonds is 7. The number of nitrogens with zero attached hydrogens (tertiary/aromatic N) is 5. The molecular formula is C29H30F3N6O5+. The van der Waals surface area contributed by atoms with Gasteiger partial charge >= 0.3 is 23.9 Å². The maximum absolute atomic E-state index is 13.6. The summed E-state index contributed by atoms with van der Waals surface area (Å²) in [7, 11) is 4.49. The van der Waals surface area contributed by atoms with Crippen LogP contribution >= 0.6 is 0 Å². The highest BCUT2D eigenvalue weighted by molar-refractivity contribution is 5.93. The molecule has 4 rings (SSSR count). The summed E-state index contributed by atoms with van der Waals surface area (Å²) < 4.78 is 52.1. The number of benzene rings is 2. The number of amides is 1. The maximum Gasteiger partial charge on any atom is 0.515 e. The molecule has 0 radical (unpaired) electrons. The van der Waals surface area contributed by atoms with Crippen LogP contribution in [-0.4, -0.2) is 65.7 Å². The molecule has 14 heteroatoms. The Kier molecular flexibility index (Phi) is 8.50. The van der Waals surface area contributed by atoms with E-state index in [9.17, 15) is 32.8 Å². The number of allylic oxidation sites excluding steroid dienone is 1. The first-order valence-corrected chi connectivity index (χ1v) is 13.2. The zero-order valence-electron chi connectivity index (χ0n) is 24.2. The van der Waals surface area contributed by atoms with Crippen molar-refractivity contribution in [3.8, 4) is 6.07 Å². The third-order valence-electron chi connectivity index (χ3n) is 7.25. The molecule has 11 nitrogen and oxygen atoms in total. The first-order chi connectivity index (χ1) is 20.2. The zero-order valence-corrected chi connectivity index (χ0v) is 24.2. The molecule has 1 amide bonds. The number of ether oxygens (including phenoxy) is 2. The highest BCUT2D eigenvalue weighted by Gasteiger charge is 2.41. The lowest BCUT2D eigenvalue weighted by Crippen LogP contribution is -2.47. The second-order valence-electron chi connectivity index (χ2n) is 10.4. The Morgan fingerprint density at radius 2 is 1.91 bits per heavy atom. The molecule has 0 bridgehead atoms. The number of aromatic amines is 1. The van der Waals surface area contributed by atoms with E-state index in [1.807, 2.05) is 0 Å². The number of aromatic nitrogens is 3. The van der Waals surface area contributed by atoms with Gasteiger partial charge in [0.1, 0.15) is 6.04 Å². The van der Waals surface area contributed by atoms with Crippen molar-refractivity contribution >= 4 is 23.7 Å². The number of quaternary nitrogens is 1. The highest BCUT2D eigenvalue weighted by Crippen LogP contribution is 2.43. The third-order valence-corrected chi connectivity index (χ3v) is 7.25. The minimum absolute atomic E-state index is 0.0148. The molecule has 0 spiro atoms. The molecule has 2 heterocycles. The first kappa shape index (κ1) is 31.0. The number of hydrogen-bond donors (Lipinski definition) is 1. The molecule has 0 saturated carbocycles. The summed E-state index contributed by atoms with van der Waals surface area (Å²) in [5.74, 6) is -0.881. The number of carbonyl (C=O) groups is 2. The van der Waals surface area contributed by atoms with Gasteiger partial charge in [0.25, 0.3) is 0 Å². The van der Waals surface area contributed by atoms with Gasteiger partial charge in [0.2, 0.25) is 5.95 Å². The van der Waals surface area contributed by atoms with Crippen LogP contribution in [0, 0.1) is 11.3 Å². The van der Waals surface area contributed by atoms with E-state index in [-0.39, 0.29) is 47.0 Å². The van der Waals surface area contributed by atoms with Gasteiger partial charge in [-0.1, -0.05) is 12.1 Å². The molecule has 1 aromatic heterocycles. The summed E-state index contributed by atoms with van der Waals surface area (Å²) >= 11 is 0. The topological polar surface area (TPSA) is 130 Å². The number of carbonyl (C=O) groups excluding carboxylic acids is 2. The molecule has 0 unspecified atom stereocenters. The summed E-state index contributed by atoms with van der Waals surface area (Å²) in [6.45, 7) is 3.65. The van der Waals surface area contributed by atoms with Gasteiger partial charge < -0.3 is 9.47 Å². The van der Waals surface area contributed by atoms with Crippen LogP contribution in [0.2, 0.25) is 0 Å². The van der Waals surface area contributed by atoms with Gasteiger partial charge in [-0.05, 0) is 55.3 Å². The number of halogens is 3. The number of likely N-dealkylation sites (N-methyl/N-ethyl adjacent to an activating group) is 1. The number of nitrogens with one attached hydrogen (secondary N) is 1. The molecule has 1 atom stereocenters. The van der Waals surface area contributed by atoms with E-state index in [0.717, 1.165) is 23.8 Å². The Bertz CT molecular complexity index is 1700. The van der Waals surface area contributed by atoms with E-state index in [4.69, 9.17) is 9.47 Å². The highest BCUT2D eigenvalue weighted by atomic mass is 19.4. The van der Waals surface area contributed by atoms with Crippen LogP contribution in [0.25, 0.3) is 0 Å². The number of alkyl halides is 3. The van der Waals surface area contributed by atoms with Gasteiger partial charge in [0.05, 0.1) is 57.1 Å². The SMILES string of the molecule is CCOC(=O)[N+](C)(C)CCc1cc(C#N)ccc1[C@@H]1C(C(=O)OC)=C(C)N(c2cccc(C(F)(F)F)c2)c2n[nH]c(=O)n21. The molecule has 3 aromatic rings. The number of methoxy groups -OCH3 is 1. The second kappa shape index (κ2) is 11.8. The predicted octanol–water partition coefficient (Wildman–Crippen LogP) is 4.43. The molecule has 0 saturated heterocycles. The van der Waals surface area contributed by atoms with Crippen LogP contribution in [0.3, 0.4) is 0 Å². The van der Waals surface area contributed by atoms with E-state index in [2.05, 4.69) is 16.3 Å². The van der Waals surface area contributed by atoms with Crippen molar-refractivity contribution in [2.24, 2.45) is 0 Å². The Labute approximate surface area is 244 Å². The number of fused-ring (bicyclic) bond motifs is 1. The fraction of sp³-hybridized carbons (Fsp3) is 0.345. The van der Waals surface area contributed by atoms with Crippen LogP contribution in [0.4, 0.5) is 29.6 Å². The maximum atomic E-state index is 13.6. The Hall–Kier alpha value is -4.90. The van der Waals surface area contributed by atoms with Crippen molar-refractivity contribution in [1.29, 1.82) is 5.26 Å². The van der Waals surface area contributed by atoms with E-state index in [1.165, 1.54) is 30.0 Å². The van der Waals surface area contributed by atoms with Crippen LogP contribution in [0.5, 0.6) is 0 Å². The molecule has 1 aliphatic rings. The predicted molar refractivity (Wildman–Crippen MR) is 148 cm³/mol. The van der Waals surface area contributed by atoms with Crippen molar-refractivity contribution in [1.82, 2.24) is 14.8 Å². The average Bonchev–Trinajstić information content (AvgIpc) is 3.35. The molecule has 43 heavy (non-hydrogen) atoms. The van der Waals surface area contributed by atoms with Crippen molar-refractivity contribution in [3.63, 3.8) is 0 Å². The lowest BCUT2D eigenvalue weighted by molar-refractivity contribution is -0.816. The summed E-state index contributed by atoms with van der Waals surface area (Å²) in [5, 5.41) is 16.1. The lowest BCUT2D eigenvalue weighted by atomic mass is 9.89. The molecule has 0 fully saturated rings. The molecule has 1 aliphatic heterocycles. The number of hydrogen-bond acceptors (Lipinski definition) is 8. The van der Waals surface area contributed by atoms with E-state index in [1.54, 1.807) is 33.2 Å². The summed E-state index contributed by atoms with van der Waals surface area (Å²) in [4.78, 5) is 40.5. The molecule has 226 valence electrons. The normalized spacial score (nSPS) is 15.1. The summed E-state index contributed by atoms with van der Waals surface area (Å²) in [6, 6.07) is 10.1. The first-order valence-electron chi connectivity index (χ1n) is 13.2. The van der Waals surface area contributed by atoms with Crippen LogP contribution in [0.15, 0.2) is 58.5 Å². The van der Waals surface area contributed by atoms with Crippen LogP contribution in [0.1, 0.15) is 42.1 Å². The monoisotopic (exact) mass is 599 g/mol. The van der Waals surface area contributed by atoms with E-state index >= 15 is 0 Å². The Morgan fingerprint density at radius 3 is 2.53 bits per heavy atom. The lowest BCUT2D eigenvalue weighted by Gasteiger charge is -2.36. The Morgan fingerprint density at radius 1 is 1.19 bits per heavy atom. The van der Waals surface area contributed by atoms with Gasteiger partial charge in [-0.25, -0.2) is 23.7 Å². The van der Waals surface area contributed by atoms with Crippen LogP contribution in [-0.2, 0) is 26.9 Å². The fourth-order valence-electron chi connectivity index (χ4n) is 5.03.